The molecule has 0 aliphatic heterocycles. The minimum absolute atomic E-state index is 0.117. The number of anilines is 1. The molecule has 0 saturated heterocycles. The molecular weight excluding hydrogens is 376 g/mol. The van der Waals surface area contributed by atoms with Crippen molar-refractivity contribution in [2.45, 2.75) is 6.42 Å². The highest BCUT2D eigenvalue weighted by atomic mass is 35.5. The molecule has 1 heterocycles. The van der Waals surface area contributed by atoms with Crippen LogP contribution in [0.1, 0.15) is 11.5 Å². The van der Waals surface area contributed by atoms with Gasteiger partial charge in [-0.25, -0.2) is 4.98 Å². The van der Waals surface area contributed by atoms with Gasteiger partial charge in [0, 0.05) is 12.1 Å². The highest BCUT2D eigenvalue weighted by Crippen LogP contribution is 2.23. The minimum atomic E-state index is -0.258. The highest BCUT2D eigenvalue weighted by Gasteiger charge is 2.08. The van der Waals surface area contributed by atoms with Crippen molar-refractivity contribution in [2.75, 3.05) is 11.9 Å². The number of carbonyl (C=O) groups excluding carboxylic acids is 1. The van der Waals surface area contributed by atoms with E-state index in [1.165, 1.54) is 0 Å². The Morgan fingerprint density at radius 3 is 2.54 bits per heavy atom. The number of fused-ring (bicyclic) bond motifs is 1. The lowest BCUT2D eigenvalue weighted by Crippen LogP contribution is -2.20. The summed E-state index contributed by atoms with van der Waals surface area (Å²) in [5.41, 5.74) is 3.35. The van der Waals surface area contributed by atoms with E-state index in [1.807, 2.05) is 48.5 Å². The van der Waals surface area contributed by atoms with Crippen molar-refractivity contribution < 1.29 is 13.9 Å². The number of hydrogen-bond donors (Lipinski definition) is 1. The molecule has 0 radical (unpaired) electrons. The van der Waals surface area contributed by atoms with Crippen molar-refractivity contribution in [3.8, 4) is 5.75 Å². The maximum absolute atomic E-state index is 12.1. The number of ether oxygens (including phenoxy) is 1. The van der Waals surface area contributed by atoms with Crippen LogP contribution in [0, 0.1) is 0 Å². The summed E-state index contributed by atoms with van der Waals surface area (Å²) in [6.45, 7) is -0.117. The molecule has 0 bridgehead atoms. The lowest BCUT2D eigenvalue weighted by Gasteiger charge is -2.09. The van der Waals surface area contributed by atoms with Crippen molar-refractivity contribution in [1.29, 1.82) is 0 Å². The number of para-hydroxylation sites is 3. The summed E-state index contributed by atoms with van der Waals surface area (Å²) in [5.74, 6) is 0.880. The van der Waals surface area contributed by atoms with Gasteiger partial charge in [-0.05, 0) is 42.0 Å². The third-order valence-electron chi connectivity index (χ3n) is 4.13. The smallest absolute Gasteiger partial charge is 0.262 e. The van der Waals surface area contributed by atoms with Crippen LogP contribution in [-0.2, 0) is 11.2 Å². The summed E-state index contributed by atoms with van der Waals surface area (Å²) in [6, 6.07) is 22.2. The Labute approximate surface area is 166 Å². The van der Waals surface area contributed by atoms with Crippen LogP contribution in [0.3, 0.4) is 0 Å². The standard InChI is InChI=1S/C22H17ClN2O3/c23-17-5-1-3-7-19(17)27-14-21(26)24-16-11-9-15(10-12-16)13-22-25-18-6-2-4-8-20(18)28-22/h1-12H,13-14H2,(H,24,26). The van der Waals surface area contributed by atoms with Gasteiger partial charge in [0.05, 0.1) is 5.02 Å². The highest BCUT2D eigenvalue weighted by molar-refractivity contribution is 6.32. The van der Waals surface area contributed by atoms with Crippen LogP contribution in [0.2, 0.25) is 5.02 Å². The molecule has 1 aromatic heterocycles. The van der Waals surface area contributed by atoms with Gasteiger partial charge in [-0.3, -0.25) is 4.79 Å². The van der Waals surface area contributed by atoms with Gasteiger partial charge < -0.3 is 14.5 Å². The zero-order valence-corrected chi connectivity index (χ0v) is 15.6. The van der Waals surface area contributed by atoms with E-state index in [0.717, 1.165) is 16.7 Å². The molecule has 0 saturated carbocycles. The number of nitrogens with zero attached hydrogens (tertiary/aromatic N) is 1. The predicted octanol–water partition coefficient (Wildman–Crippen LogP) is 5.09. The number of aromatic nitrogens is 1. The molecule has 6 heteroatoms. The van der Waals surface area contributed by atoms with Crippen molar-refractivity contribution in [3.05, 3.63) is 89.3 Å². The van der Waals surface area contributed by atoms with Crippen LogP contribution < -0.4 is 10.1 Å². The fraction of sp³-hybridized carbons (Fsp3) is 0.0909. The monoisotopic (exact) mass is 392 g/mol. The van der Waals surface area contributed by atoms with Crippen LogP contribution in [0.15, 0.2) is 77.2 Å². The van der Waals surface area contributed by atoms with Gasteiger partial charge >= 0.3 is 0 Å². The molecular formula is C22H17ClN2O3. The second kappa shape index (κ2) is 8.15. The quantitative estimate of drug-likeness (QED) is 0.496. The third kappa shape index (κ3) is 4.32. The zero-order chi connectivity index (χ0) is 19.3. The Hall–Kier alpha value is -3.31. The summed E-state index contributed by atoms with van der Waals surface area (Å²) in [5, 5.41) is 3.27. The Kier molecular flexibility index (Phi) is 5.26. The van der Waals surface area contributed by atoms with Gasteiger partial charge in [0.2, 0.25) is 0 Å². The second-order valence-corrected chi connectivity index (χ2v) is 6.62. The van der Waals surface area contributed by atoms with Crippen LogP contribution in [0.4, 0.5) is 5.69 Å². The Morgan fingerprint density at radius 1 is 1.00 bits per heavy atom. The number of halogens is 1. The first kappa shape index (κ1) is 18.1. The number of oxazole rings is 1. The molecule has 28 heavy (non-hydrogen) atoms. The molecule has 4 aromatic rings. The Morgan fingerprint density at radius 2 is 1.75 bits per heavy atom. The van der Waals surface area contributed by atoms with E-state index in [4.69, 9.17) is 20.8 Å². The lowest BCUT2D eigenvalue weighted by atomic mass is 10.1. The van der Waals surface area contributed by atoms with E-state index in [0.29, 0.717) is 28.8 Å². The van der Waals surface area contributed by atoms with Crippen molar-refractivity contribution in [2.24, 2.45) is 0 Å². The molecule has 0 spiro atoms. The predicted molar refractivity (Wildman–Crippen MR) is 109 cm³/mol. The van der Waals surface area contributed by atoms with Crippen LogP contribution >= 0.6 is 11.6 Å². The molecule has 0 aliphatic rings. The second-order valence-electron chi connectivity index (χ2n) is 6.22. The van der Waals surface area contributed by atoms with Crippen molar-refractivity contribution >= 4 is 34.3 Å². The van der Waals surface area contributed by atoms with Gasteiger partial charge in [0.15, 0.2) is 18.1 Å². The normalized spacial score (nSPS) is 10.8. The summed E-state index contributed by atoms with van der Waals surface area (Å²) in [7, 11) is 0. The average molecular weight is 393 g/mol. The van der Waals surface area contributed by atoms with E-state index in [-0.39, 0.29) is 12.5 Å². The lowest BCUT2D eigenvalue weighted by molar-refractivity contribution is -0.118. The van der Waals surface area contributed by atoms with E-state index in [2.05, 4.69) is 10.3 Å². The molecule has 0 aliphatic carbocycles. The van der Waals surface area contributed by atoms with Gasteiger partial charge in [0.1, 0.15) is 11.3 Å². The molecule has 0 unspecified atom stereocenters. The van der Waals surface area contributed by atoms with Crippen molar-refractivity contribution in [1.82, 2.24) is 4.98 Å². The molecule has 140 valence electrons. The van der Waals surface area contributed by atoms with Gasteiger partial charge in [0.25, 0.3) is 5.91 Å². The Balaban J connectivity index is 1.33. The van der Waals surface area contributed by atoms with Gasteiger partial charge in [-0.15, -0.1) is 0 Å². The fourth-order valence-corrected chi connectivity index (χ4v) is 2.97. The van der Waals surface area contributed by atoms with E-state index < -0.39 is 0 Å². The first-order chi connectivity index (χ1) is 13.7. The van der Waals surface area contributed by atoms with E-state index >= 15 is 0 Å². The maximum Gasteiger partial charge on any atom is 0.262 e. The Bertz CT molecular complexity index is 1070. The van der Waals surface area contributed by atoms with Crippen LogP contribution in [0.5, 0.6) is 5.75 Å². The molecule has 3 aromatic carbocycles. The summed E-state index contributed by atoms with van der Waals surface area (Å²) >= 11 is 6.01. The number of rotatable bonds is 6. The van der Waals surface area contributed by atoms with Gasteiger partial charge in [-0.2, -0.15) is 0 Å². The first-order valence-corrected chi connectivity index (χ1v) is 9.16. The SMILES string of the molecule is O=C(COc1ccccc1Cl)Nc1ccc(Cc2nc3ccccc3o2)cc1. The summed E-state index contributed by atoms with van der Waals surface area (Å²) < 4.78 is 11.2. The molecule has 0 fully saturated rings. The maximum atomic E-state index is 12.1. The number of nitrogens with one attached hydrogen (secondary N) is 1. The number of benzene rings is 3. The largest absolute Gasteiger partial charge is 0.482 e. The third-order valence-corrected chi connectivity index (χ3v) is 4.44. The summed E-state index contributed by atoms with van der Waals surface area (Å²) in [4.78, 5) is 16.5. The summed E-state index contributed by atoms with van der Waals surface area (Å²) in [6.07, 6.45) is 0.582. The average Bonchev–Trinajstić information content (AvgIpc) is 3.11. The molecule has 0 atom stereocenters. The molecule has 5 nitrogen and oxygen atoms in total. The first-order valence-electron chi connectivity index (χ1n) is 8.78. The minimum Gasteiger partial charge on any atom is -0.482 e. The van der Waals surface area contributed by atoms with E-state index in [9.17, 15) is 4.79 Å². The molecule has 1 N–H and O–H groups in total. The van der Waals surface area contributed by atoms with Crippen LogP contribution in [0.25, 0.3) is 11.1 Å². The fourth-order valence-electron chi connectivity index (χ4n) is 2.78. The van der Waals surface area contributed by atoms with E-state index in [1.54, 1.807) is 24.3 Å². The zero-order valence-electron chi connectivity index (χ0n) is 14.9. The molecule has 1 amide bonds. The number of hydrogen-bond acceptors (Lipinski definition) is 4. The topological polar surface area (TPSA) is 64.4 Å². The molecule has 4 rings (SSSR count). The van der Waals surface area contributed by atoms with Crippen molar-refractivity contribution in [3.63, 3.8) is 0 Å². The number of carbonyl (C=O) groups is 1. The van der Waals surface area contributed by atoms with Gasteiger partial charge in [-0.1, -0.05) is 48.0 Å². The number of amides is 1. The van der Waals surface area contributed by atoms with Crippen LogP contribution in [-0.4, -0.2) is 17.5 Å².